The van der Waals surface area contributed by atoms with Gasteiger partial charge in [0.1, 0.15) is 24.4 Å². The molecule has 0 aromatic carbocycles. The minimum atomic E-state index is -1.29. The molecule has 188 valence electrons. The van der Waals surface area contributed by atoms with Crippen LogP contribution in [0, 0.1) is 0 Å². The number of aliphatic hydroxyl groups is 3. The van der Waals surface area contributed by atoms with Crippen LogP contribution in [-0.2, 0) is 29.1 Å². The standard InChI is InChI=1S/C22H28N5O8/c1-3-26-18-15(19(31)27(4-2)22(26)33)25(12-23-18)8-9-34-21(32)13-6-5-7-24(10-13)20-17(30)16(29)14(11-28)35-20/h5-7,10,12,14,16-17,20,28-30H,3-4,8-9,11H2,1-2H3/q+1/t14?,16-,17-,20?/m1/s1. The Morgan fingerprint density at radius 2 is 1.94 bits per heavy atom. The zero-order chi connectivity index (χ0) is 25.3. The normalized spacial score (nSPS) is 22.1. The molecule has 1 aliphatic heterocycles. The van der Waals surface area contributed by atoms with Crippen molar-refractivity contribution < 1.29 is 34.2 Å². The Labute approximate surface area is 199 Å². The quantitative estimate of drug-likeness (QED) is 0.243. The Bertz CT molecular complexity index is 1350. The van der Waals surface area contributed by atoms with E-state index in [1.807, 2.05) is 0 Å². The first-order valence-electron chi connectivity index (χ1n) is 11.3. The van der Waals surface area contributed by atoms with Crippen molar-refractivity contribution in [2.24, 2.45) is 0 Å². The van der Waals surface area contributed by atoms with E-state index in [-0.39, 0.29) is 36.4 Å². The van der Waals surface area contributed by atoms with Crippen LogP contribution in [0.2, 0.25) is 0 Å². The van der Waals surface area contributed by atoms with E-state index in [1.54, 1.807) is 30.7 Å². The van der Waals surface area contributed by atoms with E-state index in [2.05, 4.69) is 4.98 Å². The van der Waals surface area contributed by atoms with Crippen molar-refractivity contribution in [1.29, 1.82) is 0 Å². The van der Waals surface area contributed by atoms with Gasteiger partial charge in [0.15, 0.2) is 29.7 Å². The van der Waals surface area contributed by atoms with Gasteiger partial charge in [-0.25, -0.2) is 14.6 Å². The number of rotatable bonds is 8. The van der Waals surface area contributed by atoms with Gasteiger partial charge in [-0.2, -0.15) is 4.57 Å². The molecule has 1 saturated heterocycles. The molecule has 1 aliphatic rings. The number of imidazole rings is 1. The molecule has 13 nitrogen and oxygen atoms in total. The van der Waals surface area contributed by atoms with Crippen LogP contribution in [0.25, 0.3) is 11.2 Å². The van der Waals surface area contributed by atoms with Crippen LogP contribution in [0.5, 0.6) is 0 Å². The summed E-state index contributed by atoms with van der Waals surface area (Å²) in [7, 11) is 0. The highest BCUT2D eigenvalue weighted by molar-refractivity contribution is 5.88. The predicted octanol–water partition coefficient (Wildman–Crippen LogP) is -1.84. The molecule has 35 heavy (non-hydrogen) atoms. The summed E-state index contributed by atoms with van der Waals surface area (Å²) in [6, 6.07) is 3.08. The van der Waals surface area contributed by atoms with Crippen molar-refractivity contribution in [3.8, 4) is 0 Å². The maximum absolute atomic E-state index is 12.8. The van der Waals surface area contributed by atoms with E-state index in [4.69, 9.17) is 9.47 Å². The van der Waals surface area contributed by atoms with Gasteiger partial charge < -0.3 is 29.4 Å². The zero-order valence-electron chi connectivity index (χ0n) is 19.4. The highest BCUT2D eigenvalue weighted by Crippen LogP contribution is 2.25. The fraction of sp³-hybridized carbons (Fsp3) is 0.500. The number of fused-ring (bicyclic) bond motifs is 1. The molecule has 1 fully saturated rings. The maximum Gasteiger partial charge on any atom is 0.344 e. The van der Waals surface area contributed by atoms with Crippen molar-refractivity contribution in [2.45, 2.75) is 58.0 Å². The number of aryl methyl sites for hydroxylation is 1. The summed E-state index contributed by atoms with van der Waals surface area (Å²) in [6.45, 7) is 3.69. The van der Waals surface area contributed by atoms with E-state index >= 15 is 0 Å². The Balaban J connectivity index is 1.48. The first kappa shape index (κ1) is 24.7. The van der Waals surface area contributed by atoms with Crippen LogP contribution in [-0.4, -0.2) is 71.5 Å². The van der Waals surface area contributed by atoms with Gasteiger partial charge in [-0.3, -0.25) is 13.9 Å². The SMILES string of the molecule is CCn1c(=O)c2c(ncn2CCOC(=O)c2ccc[n+](C3OC(CO)[C@@H](O)[C@H]3O)c2)n(CC)c1=O. The predicted molar refractivity (Wildman–Crippen MR) is 120 cm³/mol. The number of hydrogen-bond acceptors (Lipinski definition) is 9. The van der Waals surface area contributed by atoms with E-state index in [0.29, 0.717) is 6.54 Å². The van der Waals surface area contributed by atoms with Crippen molar-refractivity contribution in [3.05, 3.63) is 57.3 Å². The average Bonchev–Trinajstić information content (AvgIpc) is 3.40. The third kappa shape index (κ3) is 4.38. The molecule has 4 atom stereocenters. The molecular formula is C22H28N5O8+. The van der Waals surface area contributed by atoms with Gasteiger partial charge in [0.2, 0.25) is 0 Å². The van der Waals surface area contributed by atoms with Gasteiger partial charge in [0.05, 0.1) is 19.5 Å². The lowest BCUT2D eigenvalue weighted by Crippen LogP contribution is -2.46. The smallest absolute Gasteiger partial charge is 0.344 e. The summed E-state index contributed by atoms with van der Waals surface area (Å²) < 4.78 is 16.4. The van der Waals surface area contributed by atoms with Crippen LogP contribution in [0.4, 0.5) is 0 Å². The number of esters is 1. The average molecular weight is 490 g/mol. The van der Waals surface area contributed by atoms with Crippen LogP contribution in [0.3, 0.4) is 0 Å². The van der Waals surface area contributed by atoms with Crippen LogP contribution < -0.4 is 15.8 Å². The minimum Gasteiger partial charge on any atom is -0.460 e. The van der Waals surface area contributed by atoms with Crippen LogP contribution >= 0.6 is 0 Å². The van der Waals surface area contributed by atoms with Crippen molar-refractivity contribution in [2.75, 3.05) is 13.2 Å². The van der Waals surface area contributed by atoms with Gasteiger partial charge in [0.25, 0.3) is 11.8 Å². The summed E-state index contributed by atoms with van der Waals surface area (Å²) in [4.78, 5) is 42.1. The van der Waals surface area contributed by atoms with Gasteiger partial charge in [0, 0.05) is 19.2 Å². The summed E-state index contributed by atoms with van der Waals surface area (Å²) in [5, 5.41) is 29.4. The Morgan fingerprint density at radius 3 is 2.60 bits per heavy atom. The summed E-state index contributed by atoms with van der Waals surface area (Å²) >= 11 is 0. The Kier molecular flexibility index (Phi) is 7.12. The Morgan fingerprint density at radius 1 is 1.20 bits per heavy atom. The third-order valence-corrected chi connectivity index (χ3v) is 6.05. The number of pyridine rings is 1. The molecule has 0 amide bonds. The van der Waals surface area contributed by atoms with Crippen molar-refractivity contribution >= 4 is 17.1 Å². The van der Waals surface area contributed by atoms with Gasteiger partial charge in [-0.1, -0.05) is 0 Å². The highest BCUT2D eigenvalue weighted by atomic mass is 16.6. The van der Waals surface area contributed by atoms with E-state index < -0.39 is 48.4 Å². The molecule has 3 N–H and O–H groups in total. The van der Waals surface area contributed by atoms with E-state index in [0.717, 1.165) is 4.57 Å². The second-order valence-electron chi connectivity index (χ2n) is 8.09. The molecule has 2 unspecified atom stereocenters. The van der Waals surface area contributed by atoms with Gasteiger partial charge in [-0.05, 0) is 19.9 Å². The summed E-state index contributed by atoms with van der Waals surface area (Å²) in [5.74, 6) is -0.646. The number of carbonyl (C=O) groups is 1. The third-order valence-electron chi connectivity index (χ3n) is 6.05. The number of nitrogens with zero attached hydrogens (tertiary/aromatic N) is 5. The van der Waals surface area contributed by atoms with Crippen LogP contribution in [0.1, 0.15) is 30.4 Å². The molecule has 0 saturated carbocycles. The Hall–Kier alpha value is -3.39. The monoisotopic (exact) mass is 490 g/mol. The summed E-state index contributed by atoms with van der Waals surface area (Å²) in [5.41, 5.74) is -0.166. The molecule has 3 aromatic heterocycles. The largest absolute Gasteiger partial charge is 0.460 e. The molecule has 0 spiro atoms. The topological polar surface area (TPSA) is 162 Å². The highest BCUT2D eigenvalue weighted by Gasteiger charge is 2.48. The number of hydrogen-bond donors (Lipinski definition) is 3. The number of ether oxygens (including phenoxy) is 2. The second-order valence-corrected chi connectivity index (χ2v) is 8.09. The molecule has 13 heteroatoms. The fourth-order valence-corrected chi connectivity index (χ4v) is 4.19. The fourth-order valence-electron chi connectivity index (χ4n) is 4.19. The molecule has 4 rings (SSSR count). The number of carbonyl (C=O) groups excluding carboxylic acids is 1. The molecule has 0 bridgehead atoms. The van der Waals surface area contributed by atoms with Gasteiger partial charge in [-0.15, -0.1) is 0 Å². The molecule has 4 heterocycles. The zero-order valence-corrected chi connectivity index (χ0v) is 19.4. The molecule has 0 radical (unpaired) electrons. The molecule has 3 aromatic rings. The van der Waals surface area contributed by atoms with Crippen LogP contribution in [0.15, 0.2) is 40.4 Å². The van der Waals surface area contributed by atoms with Crippen molar-refractivity contribution in [3.63, 3.8) is 0 Å². The number of aliphatic hydroxyl groups excluding tert-OH is 3. The lowest BCUT2D eigenvalue weighted by molar-refractivity contribution is -0.765. The summed E-state index contributed by atoms with van der Waals surface area (Å²) in [6.07, 6.45) is -0.0710. The van der Waals surface area contributed by atoms with E-state index in [9.17, 15) is 29.7 Å². The minimum absolute atomic E-state index is 0.0656. The second kappa shape index (κ2) is 10.1. The molecule has 0 aliphatic carbocycles. The van der Waals surface area contributed by atoms with Gasteiger partial charge >= 0.3 is 11.7 Å². The first-order chi connectivity index (χ1) is 16.8. The van der Waals surface area contributed by atoms with Crippen molar-refractivity contribution in [1.82, 2.24) is 18.7 Å². The maximum atomic E-state index is 12.8. The lowest BCUT2D eigenvalue weighted by Gasteiger charge is -2.11. The van der Waals surface area contributed by atoms with E-state index in [1.165, 1.54) is 27.7 Å². The first-order valence-corrected chi connectivity index (χ1v) is 11.3. The molecular weight excluding hydrogens is 462 g/mol. The lowest BCUT2D eigenvalue weighted by atomic mass is 10.1. The number of aromatic nitrogens is 5.